The molecular weight excluding hydrogens is 215 g/mol. The van der Waals surface area contributed by atoms with Crippen molar-refractivity contribution in [2.24, 2.45) is 11.5 Å². The maximum Gasteiger partial charge on any atom is 0.157 e. The maximum absolute atomic E-state index is 8.67. The average Bonchev–Trinajstić information content (AvgIpc) is 2.11. The second kappa shape index (κ2) is 12.4. The van der Waals surface area contributed by atoms with Crippen LogP contribution in [0.5, 0.6) is 11.5 Å². The standard InChI is InChI=1S/C6H6O2.C2H8N2.H3P.Si/c7-5-3-1-2-4-6(5)8;3-1-2-4;;/h1-4,7-8H;1-4H2;1H3;. The Morgan fingerprint density at radius 1 is 0.929 bits per heavy atom. The number of phenolic OH excluding ortho intramolecular Hbond substituents is 2. The van der Waals surface area contributed by atoms with Gasteiger partial charge in [0.05, 0.1) is 0 Å². The van der Waals surface area contributed by atoms with Gasteiger partial charge >= 0.3 is 0 Å². The van der Waals surface area contributed by atoms with Gasteiger partial charge in [0.1, 0.15) is 0 Å². The zero-order chi connectivity index (χ0) is 9.40. The van der Waals surface area contributed by atoms with Crippen molar-refractivity contribution < 1.29 is 10.2 Å². The molecule has 0 aliphatic heterocycles. The SMILES string of the molecule is NCCN.Oc1ccccc1O.P.[Si]. The molecule has 0 aromatic heterocycles. The first-order chi connectivity index (χ1) is 5.72. The Morgan fingerprint density at radius 2 is 1.21 bits per heavy atom. The van der Waals surface area contributed by atoms with Crippen LogP contribution in [0.4, 0.5) is 0 Å². The van der Waals surface area contributed by atoms with Crippen LogP contribution in [0, 0.1) is 0 Å². The van der Waals surface area contributed by atoms with Crippen molar-refractivity contribution in [2.45, 2.75) is 0 Å². The highest BCUT2D eigenvalue weighted by molar-refractivity contribution is 6.92. The molecular formula is C8H17N2O2PSi. The zero-order valence-electron chi connectivity index (χ0n) is 7.98. The molecule has 0 fully saturated rings. The molecule has 1 unspecified atom stereocenters. The molecule has 0 saturated carbocycles. The van der Waals surface area contributed by atoms with Crippen LogP contribution >= 0.6 is 9.90 Å². The van der Waals surface area contributed by atoms with Crippen LogP contribution in [0.15, 0.2) is 24.3 Å². The second-order valence-corrected chi connectivity index (χ2v) is 2.07. The van der Waals surface area contributed by atoms with Crippen LogP contribution < -0.4 is 11.5 Å². The summed E-state index contributed by atoms with van der Waals surface area (Å²) in [7, 11) is 0. The third-order valence-electron chi connectivity index (χ3n) is 1.05. The number of nitrogens with two attached hydrogens (primary N) is 2. The van der Waals surface area contributed by atoms with Crippen LogP contribution in [0.2, 0.25) is 0 Å². The van der Waals surface area contributed by atoms with E-state index in [0.717, 1.165) is 0 Å². The molecule has 1 aromatic rings. The van der Waals surface area contributed by atoms with Crippen molar-refractivity contribution in [3.8, 4) is 11.5 Å². The first kappa shape index (κ1) is 19.0. The molecule has 0 saturated heterocycles. The van der Waals surface area contributed by atoms with Crippen LogP contribution in [-0.4, -0.2) is 34.3 Å². The molecule has 0 heterocycles. The van der Waals surface area contributed by atoms with Gasteiger partial charge in [0.25, 0.3) is 0 Å². The molecule has 80 valence electrons. The normalized spacial score (nSPS) is 7.29. The van der Waals surface area contributed by atoms with Gasteiger partial charge in [-0.25, -0.2) is 0 Å². The summed E-state index contributed by atoms with van der Waals surface area (Å²) in [5.74, 6) is -0.153. The van der Waals surface area contributed by atoms with Crippen molar-refractivity contribution in [2.75, 3.05) is 13.1 Å². The van der Waals surface area contributed by atoms with Crippen LogP contribution in [-0.2, 0) is 0 Å². The summed E-state index contributed by atoms with van der Waals surface area (Å²) in [5.41, 5.74) is 9.81. The fraction of sp³-hybridized carbons (Fsp3) is 0.250. The molecule has 4 radical (unpaired) electrons. The summed E-state index contributed by atoms with van der Waals surface area (Å²) in [5, 5.41) is 17.3. The van der Waals surface area contributed by atoms with Gasteiger partial charge in [0.2, 0.25) is 0 Å². The number of hydrogen-bond donors (Lipinski definition) is 4. The number of hydrogen-bond acceptors (Lipinski definition) is 4. The molecule has 0 aliphatic rings. The Balaban J connectivity index is -0.000000180. The molecule has 6 heteroatoms. The van der Waals surface area contributed by atoms with Gasteiger partial charge in [-0.2, -0.15) is 9.90 Å². The first-order valence-electron chi connectivity index (χ1n) is 3.59. The van der Waals surface area contributed by atoms with Crippen molar-refractivity contribution in [1.29, 1.82) is 0 Å². The molecule has 0 spiro atoms. The molecule has 0 bridgehead atoms. The van der Waals surface area contributed by atoms with Gasteiger partial charge in [-0.1, -0.05) is 12.1 Å². The summed E-state index contributed by atoms with van der Waals surface area (Å²) < 4.78 is 0. The molecule has 1 atom stereocenters. The fourth-order valence-electron chi connectivity index (χ4n) is 0.464. The van der Waals surface area contributed by atoms with E-state index in [9.17, 15) is 0 Å². The Bertz CT molecular complexity index is 203. The largest absolute Gasteiger partial charge is 0.504 e. The monoisotopic (exact) mass is 232 g/mol. The van der Waals surface area contributed by atoms with E-state index in [1.54, 1.807) is 12.1 Å². The minimum Gasteiger partial charge on any atom is -0.504 e. The van der Waals surface area contributed by atoms with E-state index >= 15 is 0 Å². The lowest BCUT2D eigenvalue weighted by Gasteiger charge is -1.91. The van der Waals surface area contributed by atoms with E-state index in [4.69, 9.17) is 21.7 Å². The van der Waals surface area contributed by atoms with E-state index in [1.807, 2.05) is 0 Å². The Morgan fingerprint density at radius 3 is 1.36 bits per heavy atom. The van der Waals surface area contributed by atoms with Gasteiger partial charge < -0.3 is 21.7 Å². The summed E-state index contributed by atoms with van der Waals surface area (Å²) in [6.45, 7) is 1.19. The molecule has 4 nitrogen and oxygen atoms in total. The lowest BCUT2D eigenvalue weighted by molar-refractivity contribution is 0.404. The third kappa shape index (κ3) is 9.47. The molecule has 1 aromatic carbocycles. The summed E-state index contributed by atoms with van der Waals surface area (Å²) in [6.07, 6.45) is 0. The highest BCUT2D eigenvalue weighted by Crippen LogP contribution is 2.21. The van der Waals surface area contributed by atoms with E-state index in [1.165, 1.54) is 12.1 Å². The highest BCUT2D eigenvalue weighted by Gasteiger charge is 1.90. The van der Waals surface area contributed by atoms with Crippen molar-refractivity contribution >= 4 is 20.9 Å². The third-order valence-corrected chi connectivity index (χ3v) is 1.05. The summed E-state index contributed by atoms with van der Waals surface area (Å²) in [4.78, 5) is 0. The number of aromatic hydroxyl groups is 2. The lowest BCUT2D eigenvalue weighted by Crippen LogP contribution is -2.11. The van der Waals surface area contributed by atoms with E-state index in [-0.39, 0.29) is 32.4 Å². The second-order valence-electron chi connectivity index (χ2n) is 2.07. The van der Waals surface area contributed by atoms with Gasteiger partial charge in [0.15, 0.2) is 11.5 Å². The summed E-state index contributed by atoms with van der Waals surface area (Å²) in [6, 6.07) is 6.15. The van der Waals surface area contributed by atoms with E-state index in [2.05, 4.69) is 0 Å². The van der Waals surface area contributed by atoms with Crippen LogP contribution in [0.1, 0.15) is 0 Å². The Hall–Kier alpha value is -0.613. The molecule has 1 rings (SSSR count). The smallest absolute Gasteiger partial charge is 0.157 e. The molecule has 6 N–H and O–H groups in total. The van der Waals surface area contributed by atoms with E-state index < -0.39 is 0 Å². The summed E-state index contributed by atoms with van der Waals surface area (Å²) >= 11 is 0. The predicted molar refractivity (Wildman–Crippen MR) is 64.7 cm³/mol. The Labute approximate surface area is 92.0 Å². The quantitative estimate of drug-likeness (QED) is 0.303. The first-order valence-corrected chi connectivity index (χ1v) is 3.59. The Kier molecular flexibility index (Phi) is 16.8. The highest BCUT2D eigenvalue weighted by atomic mass is 31.0. The van der Waals surface area contributed by atoms with Gasteiger partial charge in [-0.15, -0.1) is 0 Å². The number of para-hydroxylation sites is 2. The molecule has 0 amide bonds. The van der Waals surface area contributed by atoms with Gasteiger partial charge in [0, 0.05) is 24.1 Å². The predicted octanol–water partition coefficient (Wildman–Crippen LogP) is -0.321. The minimum atomic E-state index is -0.0764. The lowest BCUT2D eigenvalue weighted by atomic mass is 10.3. The van der Waals surface area contributed by atoms with Crippen molar-refractivity contribution in [3.63, 3.8) is 0 Å². The van der Waals surface area contributed by atoms with Crippen LogP contribution in [0.25, 0.3) is 0 Å². The number of benzene rings is 1. The molecule has 14 heavy (non-hydrogen) atoms. The number of phenols is 2. The number of rotatable bonds is 1. The van der Waals surface area contributed by atoms with Gasteiger partial charge in [-0.05, 0) is 12.1 Å². The van der Waals surface area contributed by atoms with E-state index in [0.29, 0.717) is 13.1 Å². The zero-order valence-corrected chi connectivity index (χ0v) is 10.4. The van der Waals surface area contributed by atoms with Gasteiger partial charge in [-0.3, -0.25) is 0 Å². The minimum absolute atomic E-state index is 0. The van der Waals surface area contributed by atoms with Crippen LogP contribution in [0.3, 0.4) is 0 Å². The fourth-order valence-corrected chi connectivity index (χ4v) is 0.464. The van der Waals surface area contributed by atoms with Crippen molar-refractivity contribution in [1.82, 2.24) is 0 Å². The van der Waals surface area contributed by atoms with Crippen molar-refractivity contribution in [3.05, 3.63) is 24.3 Å². The average molecular weight is 232 g/mol. The molecule has 0 aliphatic carbocycles. The maximum atomic E-state index is 8.67. The topological polar surface area (TPSA) is 92.5 Å².